The Balaban J connectivity index is 3.77. The third-order valence-corrected chi connectivity index (χ3v) is 2.52. The summed E-state index contributed by atoms with van der Waals surface area (Å²) in [5.74, 6) is 0. The molecule has 0 amide bonds. The van der Waals surface area contributed by atoms with Crippen LogP contribution in [0.25, 0.3) is 0 Å². The quantitative estimate of drug-likeness (QED) is 0.631. The molecule has 0 spiro atoms. The van der Waals surface area contributed by atoms with E-state index in [-0.39, 0.29) is 0 Å². The van der Waals surface area contributed by atoms with Crippen molar-refractivity contribution in [2.45, 2.75) is 52.7 Å². The highest BCUT2D eigenvalue weighted by Crippen LogP contribution is 2.03. The van der Waals surface area contributed by atoms with Crippen LogP contribution in [0.2, 0.25) is 0 Å². The molecule has 2 nitrogen and oxygen atoms in total. The van der Waals surface area contributed by atoms with Crippen LogP contribution < -0.4 is 5.32 Å². The highest BCUT2D eigenvalue weighted by molar-refractivity contribution is 4.81. The zero-order valence-electron chi connectivity index (χ0n) is 10.4. The van der Waals surface area contributed by atoms with Crippen molar-refractivity contribution in [2.24, 2.45) is 0 Å². The van der Waals surface area contributed by atoms with Gasteiger partial charge in [0.2, 0.25) is 0 Å². The zero-order chi connectivity index (χ0) is 11.1. The van der Waals surface area contributed by atoms with E-state index in [0.717, 1.165) is 13.1 Å². The number of nitrogens with one attached hydrogen (secondary N) is 1. The molecule has 1 N–H and O–H groups in total. The summed E-state index contributed by atoms with van der Waals surface area (Å²) in [6, 6.07) is 1.66. The molecular weight excluding hydrogens is 172 g/mol. The van der Waals surface area contributed by atoms with E-state index < -0.39 is 0 Å². The Morgan fingerprint density at radius 2 is 1.64 bits per heavy atom. The molecule has 0 rings (SSSR count). The molecule has 0 radical (unpaired) electrons. The normalized spacial score (nSPS) is 14.0. The maximum Gasteiger partial charge on any atom is 0.0219 e. The van der Waals surface area contributed by atoms with Gasteiger partial charge in [0.15, 0.2) is 0 Å². The molecule has 14 heavy (non-hydrogen) atoms. The van der Waals surface area contributed by atoms with E-state index in [1.54, 1.807) is 0 Å². The number of rotatable bonds is 7. The number of nitrogens with zero attached hydrogens (tertiary/aromatic N) is 1. The molecule has 0 aromatic heterocycles. The lowest BCUT2D eigenvalue weighted by Gasteiger charge is -2.30. The molecule has 0 aromatic carbocycles. The lowest BCUT2D eigenvalue weighted by atomic mass is 10.2. The lowest BCUT2D eigenvalue weighted by Crippen LogP contribution is -2.42. The van der Waals surface area contributed by atoms with Crippen molar-refractivity contribution in [2.75, 3.05) is 13.1 Å². The standard InChI is InChI=1S/C12H26N2/c1-7-12(6)13-8-9-14(10(2)3)11(4)5/h7,10-13H,1,8-9H2,2-6H3. The van der Waals surface area contributed by atoms with Crippen molar-refractivity contribution in [1.29, 1.82) is 0 Å². The first-order valence-electron chi connectivity index (χ1n) is 5.60. The van der Waals surface area contributed by atoms with E-state index in [2.05, 4.69) is 51.4 Å². The topological polar surface area (TPSA) is 15.3 Å². The van der Waals surface area contributed by atoms with Gasteiger partial charge in [-0.3, -0.25) is 4.90 Å². The van der Waals surface area contributed by atoms with E-state index in [0.29, 0.717) is 18.1 Å². The van der Waals surface area contributed by atoms with E-state index in [9.17, 15) is 0 Å². The van der Waals surface area contributed by atoms with Gasteiger partial charge >= 0.3 is 0 Å². The van der Waals surface area contributed by atoms with Gasteiger partial charge in [0.1, 0.15) is 0 Å². The Labute approximate surface area is 89.4 Å². The first-order chi connectivity index (χ1) is 6.49. The van der Waals surface area contributed by atoms with Crippen LogP contribution in [0.15, 0.2) is 12.7 Å². The van der Waals surface area contributed by atoms with Gasteiger partial charge < -0.3 is 5.32 Å². The average Bonchev–Trinajstić information content (AvgIpc) is 2.10. The fourth-order valence-electron chi connectivity index (χ4n) is 1.62. The summed E-state index contributed by atoms with van der Waals surface area (Å²) in [4.78, 5) is 2.49. The summed E-state index contributed by atoms with van der Waals surface area (Å²) >= 11 is 0. The second-order valence-corrected chi connectivity index (χ2v) is 4.40. The van der Waals surface area contributed by atoms with Gasteiger partial charge in [-0.15, -0.1) is 6.58 Å². The van der Waals surface area contributed by atoms with Crippen LogP contribution in [-0.2, 0) is 0 Å². The van der Waals surface area contributed by atoms with Gasteiger partial charge in [-0.1, -0.05) is 6.08 Å². The van der Waals surface area contributed by atoms with Crippen LogP contribution in [-0.4, -0.2) is 36.1 Å². The molecule has 0 saturated heterocycles. The van der Waals surface area contributed by atoms with Crippen LogP contribution in [0.1, 0.15) is 34.6 Å². The minimum absolute atomic E-state index is 0.413. The van der Waals surface area contributed by atoms with Crippen molar-refractivity contribution >= 4 is 0 Å². The molecule has 2 heteroatoms. The van der Waals surface area contributed by atoms with Gasteiger partial charge in [-0.2, -0.15) is 0 Å². The van der Waals surface area contributed by atoms with Crippen molar-refractivity contribution in [1.82, 2.24) is 10.2 Å². The summed E-state index contributed by atoms with van der Waals surface area (Å²) < 4.78 is 0. The number of hydrogen-bond donors (Lipinski definition) is 1. The first-order valence-corrected chi connectivity index (χ1v) is 5.60. The highest BCUT2D eigenvalue weighted by atomic mass is 15.2. The molecule has 1 atom stereocenters. The van der Waals surface area contributed by atoms with Crippen LogP contribution in [0.5, 0.6) is 0 Å². The van der Waals surface area contributed by atoms with Crippen LogP contribution in [0, 0.1) is 0 Å². The average molecular weight is 198 g/mol. The van der Waals surface area contributed by atoms with E-state index >= 15 is 0 Å². The summed E-state index contributed by atoms with van der Waals surface area (Å²) in [6.07, 6.45) is 1.94. The summed E-state index contributed by atoms with van der Waals surface area (Å²) in [6.45, 7) is 17.0. The van der Waals surface area contributed by atoms with E-state index in [1.165, 1.54) is 0 Å². The molecule has 0 aliphatic rings. The van der Waals surface area contributed by atoms with Gasteiger partial charge in [0, 0.05) is 31.2 Å². The van der Waals surface area contributed by atoms with Gasteiger partial charge in [-0.25, -0.2) is 0 Å². The maximum absolute atomic E-state index is 3.75. The highest BCUT2D eigenvalue weighted by Gasteiger charge is 2.12. The Morgan fingerprint density at radius 1 is 1.14 bits per heavy atom. The molecule has 0 fully saturated rings. The third-order valence-electron chi connectivity index (χ3n) is 2.52. The SMILES string of the molecule is C=CC(C)NCCN(C(C)C)C(C)C. The van der Waals surface area contributed by atoms with Crippen molar-refractivity contribution in [3.8, 4) is 0 Å². The molecule has 0 heterocycles. The molecule has 1 unspecified atom stereocenters. The Kier molecular flexibility index (Phi) is 6.85. The molecule has 0 bridgehead atoms. The van der Waals surface area contributed by atoms with Gasteiger partial charge in [0.05, 0.1) is 0 Å². The molecule has 0 saturated carbocycles. The largest absolute Gasteiger partial charge is 0.310 e. The predicted octanol–water partition coefficient (Wildman–Crippen LogP) is 2.27. The smallest absolute Gasteiger partial charge is 0.0219 e. The van der Waals surface area contributed by atoms with Crippen LogP contribution >= 0.6 is 0 Å². The fourth-order valence-corrected chi connectivity index (χ4v) is 1.62. The third kappa shape index (κ3) is 5.40. The second kappa shape index (κ2) is 7.02. The Bertz CT molecular complexity index is 144. The van der Waals surface area contributed by atoms with Gasteiger partial charge in [0.25, 0.3) is 0 Å². The predicted molar refractivity (Wildman–Crippen MR) is 64.6 cm³/mol. The molecule has 0 aliphatic heterocycles. The fraction of sp³-hybridized carbons (Fsp3) is 0.833. The minimum atomic E-state index is 0.413. The Morgan fingerprint density at radius 3 is 2.00 bits per heavy atom. The van der Waals surface area contributed by atoms with Crippen LogP contribution in [0.3, 0.4) is 0 Å². The van der Waals surface area contributed by atoms with Crippen molar-refractivity contribution < 1.29 is 0 Å². The summed E-state index contributed by atoms with van der Waals surface area (Å²) in [5.41, 5.74) is 0. The van der Waals surface area contributed by atoms with Crippen molar-refractivity contribution in [3.63, 3.8) is 0 Å². The monoisotopic (exact) mass is 198 g/mol. The maximum atomic E-state index is 3.75. The van der Waals surface area contributed by atoms with Crippen molar-refractivity contribution in [3.05, 3.63) is 12.7 Å². The van der Waals surface area contributed by atoms with Crippen LogP contribution in [0.4, 0.5) is 0 Å². The van der Waals surface area contributed by atoms with E-state index in [1.807, 2.05) is 6.08 Å². The lowest BCUT2D eigenvalue weighted by molar-refractivity contribution is 0.175. The molecule has 0 aromatic rings. The molecular formula is C12H26N2. The zero-order valence-corrected chi connectivity index (χ0v) is 10.4. The first kappa shape index (κ1) is 13.7. The molecule has 84 valence electrons. The molecule has 0 aliphatic carbocycles. The second-order valence-electron chi connectivity index (χ2n) is 4.40. The summed E-state index contributed by atoms with van der Waals surface area (Å²) in [7, 11) is 0. The Hall–Kier alpha value is -0.340. The van der Waals surface area contributed by atoms with Gasteiger partial charge in [-0.05, 0) is 34.6 Å². The number of hydrogen-bond acceptors (Lipinski definition) is 2. The summed E-state index contributed by atoms with van der Waals surface area (Å²) in [5, 5.41) is 3.41. The minimum Gasteiger partial charge on any atom is -0.310 e. The van der Waals surface area contributed by atoms with E-state index in [4.69, 9.17) is 0 Å².